The first kappa shape index (κ1) is 19.4. The van der Waals surface area contributed by atoms with Crippen molar-refractivity contribution in [2.45, 2.75) is 20.0 Å². The van der Waals surface area contributed by atoms with Gasteiger partial charge in [-0.25, -0.2) is 0 Å². The molecule has 134 valence electrons. The Kier molecular flexibility index (Phi) is 6.65. The highest BCUT2D eigenvalue weighted by molar-refractivity contribution is 6.32. The molecule has 0 unspecified atom stereocenters. The lowest BCUT2D eigenvalue weighted by Crippen LogP contribution is -2.13. The molecule has 2 aromatic carbocycles. The Balaban J connectivity index is 2.32. The van der Waals surface area contributed by atoms with Crippen LogP contribution in [0.15, 0.2) is 48.0 Å². The summed E-state index contributed by atoms with van der Waals surface area (Å²) in [5.41, 5.74) is 1.11. The fraction of sp³-hybridized carbons (Fsp3) is 0.200. The molecule has 5 nitrogen and oxygen atoms in total. The zero-order valence-corrected chi connectivity index (χ0v) is 15.5. The van der Waals surface area contributed by atoms with Gasteiger partial charge in [0.15, 0.2) is 11.5 Å². The van der Waals surface area contributed by atoms with Crippen LogP contribution >= 0.6 is 11.6 Å². The summed E-state index contributed by atoms with van der Waals surface area (Å²) < 4.78 is 11.0. The summed E-state index contributed by atoms with van der Waals surface area (Å²) in [5, 5.41) is 12.4. The average molecular weight is 371 g/mol. The molecule has 0 aliphatic carbocycles. The molecule has 0 bridgehead atoms. The van der Waals surface area contributed by atoms with Gasteiger partial charge in [-0.2, -0.15) is 5.26 Å². The molecular formula is C20H19ClN2O3. The fourth-order valence-corrected chi connectivity index (χ4v) is 2.47. The van der Waals surface area contributed by atoms with Gasteiger partial charge in [0.05, 0.1) is 18.2 Å². The molecule has 1 N–H and O–H groups in total. The van der Waals surface area contributed by atoms with Crippen molar-refractivity contribution in [3.8, 4) is 17.6 Å². The van der Waals surface area contributed by atoms with E-state index in [2.05, 4.69) is 5.32 Å². The van der Waals surface area contributed by atoms with Gasteiger partial charge in [-0.1, -0.05) is 29.8 Å². The molecule has 0 fully saturated rings. The summed E-state index contributed by atoms with van der Waals surface area (Å²) in [6.07, 6.45) is 1.38. The van der Waals surface area contributed by atoms with Gasteiger partial charge < -0.3 is 14.8 Å². The Bertz CT molecular complexity index is 855. The first-order valence-corrected chi connectivity index (χ1v) is 8.34. The number of anilines is 1. The summed E-state index contributed by atoms with van der Waals surface area (Å²) in [7, 11) is 1.50. The van der Waals surface area contributed by atoms with Crippen LogP contribution in [0.1, 0.15) is 19.4 Å². The van der Waals surface area contributed by atoms with E-state index in [0.717, 1.165) is 0 Å². The Morgan fingerprint density at radius 3 is 2.54 bits per heavy atom. The van der Waals surface area contributed by atoms with Crippen molar-refractivity contribution < 1.29 is 14.3 Å². The van der Waals surface area contributed by atoms with Crippen LogP contribution in [0.4, 0.5) is 5.69 Å². The van der Waals surface area contributed by atoms with Crippen LogP contribution in [-0.4, -0.2) is 19.1 Å². The monoisotopic (exact) mass is 370 g/mol. The summed E-state index contributed by atoms with van der Waals surface area (Å²) in [4.78, 5) is 12.3. The van der Waals surface area contributed by atoms with Gasteiger partial charge in [0.1, 0.15) is 11.6 Å². The van der Waals surface area contributed by atoms with Crippen LogP contribution < -0.4 is 14.8 Å². The molecule has 0 atom stereocenters. The van der Waals surface area contributed by atoms with Gasteiger partial charge in [-0.05, 0) is 49.8 Å². The molecule has 2 aromatic rings. The topological polar surface area (TPSA) is 71.3 Å². The highest BCUT2D eigenvalue weighted by Crippen LogP contribution is 2.37. The van der Waals surface area contributed by atoms with Crippen molar-refractivity contribution in [3.05, 3.63) is 58.6 Å². The van der Waals surface area contributed by atoms with Gasteiger partial charge in [0.25, 0.3) is 5.91 Å². The maximum atomic E-state index is 12.3. The predicted octanol–water partition coefficient (Wildman–Crippen LogP) is 4.68. The van der Waals surface area contributed by atoms with Crippen LogP contribution in [-0.2, 0) is 4.79 Å². The number of nitrogens with one attached hydrogen (secondary N) is 1. The third-order valence-electron chi connectivity index (χ3n) is 3.31. The Hall–Kier alpha value is -2.97. The summed E-state index contributed by atoms with van der Waals surface area (Å²) in [5.74, 6) is 0.350. The number of carbonyl (C=O) groups is 1. The molecule has 0 heterocycles. The summed E-state index contributed by atoms with van der Waals surface area (Å²) in [6, 6.07) is 14.1. The normalized spacial score (nSPS) is 11.0. The Morgan fingerprint density at radius 2 is 1.96 bits per heavy atom. The van der Waals surface area contributed by atoms with E-state index in [0.29, 0.717) is 27.8 Å². The van der Waals surface area contributed by atoms with E-state index in [9.17, 15) is 10.1 Å². The number of amides is 1. The van der Waals surface area contributed by atoms with Crippen LogP contribution in [0.25, 0.3) is 6.08 Å². The number of carbonyl (C=O) groups excluding carboxylic acids is 1. The summed E-state index contributed by atoms with van der Waals surface area (Å²) >= 11 is 6.28. The molecule has 0 spiro atoms. The average Bonchev–Trinajstić information content (AvgIpc) is 2.62. The lowest BCUT2D eigenvalue weighted by atomic mass is 10.1. The van der Waals surface area contributed by atoms with Crippen LogP contribution in [0.2, 0.25) is 5.02 Å². The molecule has 0 radical (unpaired) electrons. The second kappa shape index (κ2) is 8.93. The van der Waals surface area contributed by atoms with E-state index in [1.807, 2.05) is 26.0 Å². The van der Waals surface area contributed by atoms with E-state index < -0.39 is 5.91 Å². The number of hydrogen-bond acceptors (Lipinski definition) is 4. The quantitative estimate of drug-likeness (QED) is 0.592. The smallest absolute Gasteiger partial charge is 0.266 e. The molecule has 0 saturated carbocycles. The number of halogens is 1. The molecule has 0 aliphatic rings. The third-order valence-corrected chi connectivity index (χ3v) is 3.59. The van der Waals surface area contributed by atoms with Crippen molar-refractivity contribution in [1.82, 2.24) is 0 Å². The first-order chi connectivity index (χ1) is 12.4. The van der Waals surface area contributed by atoms with Crippen molar-refractivity contribution in [2.24, 2.45) is 0 Å². The number of rotatable bonds is 6. The number of para-hydroxylation sites is 1. The molecule has 0 saturated heterocycles. The minimum Gasteiger partial charge on any atom is -0.493 e. The van der Waals surface area contributed by atoms with E-state index in [-0.39, 0.29) is 11.7 Å². The maximum Gasteiger partial charge on any atom is 0.266 e. The van der Waals surface area contributed by atoms with Crippen molar-refractivity contribution >= 4 is 29.3 Å². The zero-order valence-electron chi connectivity index (χ0n) is 14.7. The van der Waals surface area contributed by atoms with E-state index >= 15 is 0 Å². The van der Waals surface area contributed by atoms with Crippen molar-refractivity contribution in [3.63, 3.8) is 0 Å². The number of methoxy groups -OCH3 is 1. The van der Waals surface area contributed by atoms with Crippen LogP contribution in [0.5, 0.6) is 11.5 Å². The fourth-order valence-electron chi connectivity index (χ4n) is 2.21. The third kappa shape index (κ3) is 5.01. The van der Waals surface area contributed by atoms with Gasteiger partial charge >= 0.3 is 0 Å². The molecule has 1 amide bonds. The van der Waals surface area contributed by atoms with Crippen LogP contribution in [0, 0.1) is 11.3 Å². The number of nitriles is 1. The second-order valence-corrected chi connectivity index (χ2v) is 6.10. The maximum absolute atomic E-state index is 12.3. The van der Waals surface area contributed by atoms with Crippen molar-refractivity contribution in [1.29, 1.82) is 5.26 Å². The summed E-state index contributed by atoms with van der Waals surface area (Å²) in [6.45, 7) is 3.76. The number of ether oxygens (including phenoxy) is 2. The number of nitrogens with zero attached hydrogens (tertiary/aromatic N) is 1. The molecule has 26 heavy (non-hydrogen) atoms. The molecule has 0 aromatic heterocycles. The van der Waals surface area contributed by atoms with Crippen LogP contribution in [0.3, 0.4) is 0 Å². The van der Waals surface area contributed by atoms with E-state index in [1.54, 1.807) is 36.4 Å². The van der Waals surface area contributed by atoms with Gasteiger partial charge in [-0.3, -0.25) is 4.79 Å². The first-order valence-electron chi connectivity index (χ1n) is 7.97. The highest BCUT2D eigenvalue weighted by atomic mass is 35.5. The highest BCUT2D eigenvalue weighted by Gasteiger charge is 2.15. The minimum atomic E-state index is -0.503. The molecular weight excluding hydrogens is 352 g/mol. The largest absolute Gasteiger partial charge is 0.493 e. The second-order valence-electron chi connectivity index (χ2n) is 5.69. The van der Waals surface area contributed by atoms with Gasteiger partial charge in [0, 0.05) is 5.69 Å². The lowest BCUT2D eigenvalue weighted by Gasteiger charge is -2.15. The van der Waals surface area contributed by atoms with E-state index in [1.165, 1.54) is 13.2 Å². The van der Waals surface area contributed by atoms with Crippen molar-refractivity contribution in [2.75, 3.05) is 12.4 Å². The standard InChI is InChI=1S/C20H19ClN2O3/c1-13(2)26-19-17(21)10-14(11-18(19)25-3)9-15(12-22)20(24)23-16-7-5-4-6-8-16/h4-11,13H,1-3H3,(H,23,24)/b15-9+. The molecule has 0 aliphatic heterocycles. The Morgan fingerprint density at radius 1 is 1.27 bits per heavy atom. The SMILES string of the molecule is COc1cc(/C=C(\C#N)C(=O)Nc2ccccc2)cc(Cl)c1OC(C)C. The lowest BCUT2D eigenvalue weighted by molar-refractivity contribution is -0.112. The van der Waals surface area contributed by atoms with Gasteiger partial charge in [0.2, 0.25) is 0 Å². The van der Waals surface area contributed by atoms with Gasteiger partial charge in [-0.15, -0.1) is 0 Å². The minimum absolute atomic E-state index is 0.0514. The zero-order chi connectivity index (χ0) is 19.1. The molecule has 6 heteroatoms. The number of benzene rings is 2. The Labute approximate surface area is 157 Å². The van der Waals surface area contributed by atoms with E-state index in [4.69, 9.17) is 21.1 Å². The number of hydrogen-bond donors (Lipinski definition) is 1. The predicted molar refractivity (Wildman–Crippen MR) is 102 cm³/mol. The molecule has 2 rings (SSSR count).